The highest BCUT2D eigenvalue weighted by Crippen LogP contribution is 2.67. The number of furan rings is 1. The number of anilines is 3. The Labute approximate surface area is 391 Å². The summed E-state index contributed by atoms with van der Waals surface area (Å²) in [6.07, 6.45) is 0. The van der Waals surface area contributed by atoms with Crippen LogP contribution in [0.3, 0.4) is 0 Å². The zero-order valence-corrected chi connectivity index (χ0v) is 37.2. The zero-order valence-electron chi connectivity index (χ0n) is 35.5. The summed E-state index contributed by atoms with van der Waals surface area (Å²) >= 11 is 3.77. The third kappa shape index (κ3) is 4.60. The molecule has 2 aliphatic carbocycles. The van der Waals surface area contributed by atoms with Gasteiger partial charge in [0.05, 0.1) is 22.2 Å². The first-order chi connectivity index (χ1) is 32.7. The highest BCUT2D eigenvalue weighted by molar-refractivity contribution is 7.99. The van der Waals surface area contributed by atoms with Crippen LogP contribution in [-0.4, -0.2) is 0 Å². The number of rotatable bonds is 3. The number of benzene rings is 10. The number of nitrogens with zero attached hydrogens (tertiary/aromatic N) is 1. The summed E-state index contributed by atoms with van der Waals surface area (Å²) < 4.78 is 6.50. The predicted molar refractivity (Wildman–Crippen MR) is 271 cm³/mol. The van der Waals surface area contributed by atoms with E-state index in [1.54, 1.807) is 0 Å². The minimum atomic E-state index is -0.515. The van der Waals surface area contributed by atoms with Crippen LogP contribution in [-0.2, 0) is 10.8 Å². The Balaban J connectivity index is 1.08. The third-order valence-electron chi connectivity index (χ3n) is 14.8. The van der Waals surface area contributed by atoms with Crippen LogP contribution in [0.1, 0.15) is 44.5 Å². The van der Waals surface area contributed by atoms with Crippen LogP contribution < -0.4 is 4.90 Å². The molecule has 2 nitrogen and oxygen atoms in total. The number of hydrogen-bond donors (Lipinski definition) is 0. The van der Waals surface area contributed by atoms with Crippen molar-refractivity contribution < 1.29 is 4.42 Å². The van der Waals surface area contributed by atoms with Gasteiger partial charge in [0.1, 0.15) is 11.2 Å². The summed E-state index contributed by atoms with van der Waals surface area (Å²) in [5.41, 5.74) is 19.7. The van der Waals surface area contributed by atoms with E-state index >= 15 is 0 Å². The van der Waals surface area contributed by atoms with Crippen LogP contribution in [0.2, 0.25) is 0 Å². The van der Waals surface area contributed by atoms with Crippen molar-refractivity contribution in [2.45, 2.75) is 30.4 Å². The van der Waals surface area contributed by atoms with Gasteiger partial charge in [-0.25, -0.2) is 0 Å². The lowest BCUT2D eigenvalue weighted by molar-refractivity contribution is 0.669. The molecule has 4 heteroatoms. The van der Waals surface area contributed by atoms with Gasteiger partial charge in [-0.2, -0.15) is 0 Å². The molecule has 0 saturated carbocycles. The van der Waals surface area contributed by atoms with Crippen LogP contribution in [0.4, 0.5) is 17.1 Å². The second-order valence-electron chi connectivity index (χ2n) is 17.8. The van der Waals surface area contributed by atoms with Crippen LogP contribution >= 0.6 is 23.5 Å². The van der Waals surface area contributed by atoms with Gasteiger partial charge in [-0.1, -0.05) is 187 Å². The summed E-state index contributed by atoms with van der Waals surface area (Å²) in [6.45, 7) is 0. The molecule has 10 aromatic carbocycles. The summed E-state index contributed by atoms with van der Waals surface area (Å²) in [5, 5.41) is 2.21. The van der Waals surface area contributed by atoms with Crippen LogP contribution in [0.15, 0.2) is 248 Å². The molecule has 0 unspecified atom stereocenters. The maximum absolute atomic E-state index is 6.50. The van der Waals surface area contributed by atoms with E-state index in [0.717, 1.165) is 39.0 Å². The van der Waals surface area contributed by atoms with Crippen molar-refractivity contribution in [1.82, 2.24) is 0 Å². The first-order valence-electron chi connectivity index (χ1n) is 22.7. The van der Waals surface area contributed by atoms with E-state index in [-0.39, 0.29) is 0 Å². The highest BCUT2D eigenvalue weighted by atomic mass is 32.2. The lowest BCUT2D eigenvalue weighted by Gasteiger charge is -2.40. The van der Waals surface area contributed by atoms with Gasteiger partial charge in [0.25, 0.3) is 0 Å². The Kier molecular flexibility index (Phi) is 7.54. The molecule has 2 aliphatic heterocycles. The van der Waals surface area contributed by atoms with Gasteiger partial charge < -0.3 is 9.32 Å². The van der Waals surface area contributed by atoms with E-state index < -0.39 is 10.8 Å². The smallest absolute Gasteiger partial charge is 0.135 e. The van der Waals surface area contributed by atoms with E-state index in [2.05, 4.69) is 229 Å². The fourth-order valence-corrected chi connectivity index (χ4v) is 14.8. The van der Waals surface area contributed by atoms with Crippen molar-refractivity contribution in [1.29, 1.82) is 0 Å². The molecule has 0 atom stereocenters. The minimum absolute atomic E-state index is 0.515. The van der Waals surface area contributed by atoms with Crippen molar-refractivity contribution in [3.8, 4) is 22.3 Å². The average Bonchev–Trinajstić information content (AvgIpc) is 4.00. The van der Waals surface area contributed by atoms with E-state index in [4.69, 9.17) is 4.42 Å². The third-order valence-corrected chi connectivity index (χ3v) is 17.1. The molecule has 2 spiro atoms. The molecule has 0 N–H and O–H groups in total. The largest absolute Gasteiger partial charge is 0.456 e. The molecule has 66 heavy (non-hydrogen) atoms. The first kappa shape index (κ1) is 36.8. The topological polar surface area (TPSA) is 16.4 Å². The molecule has 3 heterocycles. The van der Waals surface area contributed by atoms with E-state index in [0.29, 0.717) is 0 Å². The summed E-state index contributed by atoms with van der Waals surface area (Å²) in [7, 11) is 0. The second kappa shape index (κ2) is 13.5. The van der Waals surface area contributed by atoms with E-state index in [9.17, 15) is 0 Å². The Morgan fingerprint density at radius 1 is 0.318 bits per heavy atom. The second-order valence-corrected chi connectivity index (χ2v) is 20.0. The van der Waals surface area contributed by atoms with Crippen LogP contribution in [0.25, 0.3) is 44.2 Å². The molecule has 4 aliphatic rings. The van der Waals surface area contributed by atoms with Crippen molar-refractivity contribution >= 4 is 62.5 Å². The Morgan fingerprint density at radius 2 is 0.712 bits per heavy atom. The van der Waals surface area contributed by atoms with E-state index in [1.807, 2.05) is 23.5 Å². The molecule has 0 radical (unpaired) electrons. The maximum atomic E-state index is 6.50. The fourth-order valence-electron chi connectivity index (χ4n) is 12.4. The van der Waals surface area contributed by atoms with E-state index in [1.165, 1.54) is 86.3 Å². The molecular formula is C62H37NOS2. The minimum Gasteiger partial charge on any atom is -0.456 e. The molecule has 15 rings (SSSR count). The molecule has 0 fully saturated rings. The van der Waals surface area contributed by atoms with Crippen molar-refractivity contribution in [3.63, 3.8) is 0 Å². The monoisotopic (exact) mass is 875 g/mol. The molecule has 0 saturated heterocycles. The van der Waals surface area contributed by atoms with Crippen LogP contribution in [0, 0.1) is 0 Å². The predicted octanol–water partition coefficient (Wildman–Crippen LogP) is 16.7. The average molecular weight is 876 g/mol. The van der Waals surface area contributed by atoms with Gasteiger partial charge in [0.15, 0.2) is 0 Å². The van der Waals surface area contributed by atoms with Crippen molar-refractivity contribution in [2.75, 3.05) is 4.90 Å². The molecule has 0 amide bonds. The zero-order chi connectivity index (χ0) is 43.1. The lowest BCUT2D eigenvalue weighted by Crippen LogP contribution is -2.32. The quantitative estimate of drug-likeness (QED) is 0.176. The molecule has 308 valence electrons. The Bertz CT molecular complexity index is 3590. The summed E-state index contributed by atoms with van der Waals surface area (Å²) in [5.74, 6) is 0. The molecule has 0 bridgehead atoms. The molecule has 11 aromatic rings. The number of hydrogen-bond acceptors (Lipinski definition) is 4. The SMILES string of the molecule is c1ccc2c(c1)Sc1ccccc1C21c2ccccc2-c2c(N(c3ccc4oc5ccccc5c4c3)c3cccc4c3-c3ccccc3C43c4ccccc4Sc4ccccc43)cccc21. The fraction of sp³-hybridized carbons (Fsp3) is 0.0323. The van der Waals surface area contributed by atoms with Gasteiger partial charge in [0.2, 0.25) is 0 Å². The lowest BCUT2D eigenvalue weighted by atomic mass is 9.67. The summed E-state index contributed by atoms with van der Waals surface area (Å²) in [6, 6.07) is 84.0. The maximum Gasteiger partial charge on any atom is 0.135 e. The normalized spacial score (nSPS) is 14.8. The van der Waals surface area contributed by atoms with Crippen molar-refractivity contribution in [3.05, 3.63) is 269 Å². The standard InChI is InChI=1S/C62H37NOS2/c1-4-20-43-40(18-1)59-49(61(43)45-22-6-11-31-55(45)65-56-32-12-7-23-46(56)61)26-15-28-51(59)63(38-35-36-54-42(37-38)39-17-3-10-30-53(39)64-54)52-29-16-27-50-60(52)41-19-2-5-21-44(41)62(50)47-24-8-13-33-57(47)66-58-34-14-9-25-48(58)62/h1-37H. The highest BCUT2D eigenvalue weighted by Gasteiger charge is 2.53. The first-order valence-corrected chi connectivity index (χ1v) is 24.3. The molecular weight excluding hydrogens is 839 g/mol. The van der Waals surface area contributed by atoms with Gasteiger partial charge in [-0.05, 0) is 116 Å². The van der Waals surface area contributed by atoms with Gasteiger partial charge in [-0.3, -0.25) is 0 Å². The summed E-state index contributed by atoms with van der Waals surface area (Å²) in [4.78, 5) is 7.77. The number of fused-ring (bicyclic) bond motifs is 21. The number of para-hydroxylation sites is 1. The molecule has 1 aromatic heterocycles. The Hall–Kier alpha value is -7.50. The van der Waals surface area contributed by atoms with Crippen LogP contribution in [0.5, 0.6) is 0 Å². The van der Waals surface area contributed by atoms with Gasteiger partial charge in [0, 0.05) is 47.2 Å². The van der Waals surface area contributed by atoms with Gasteiger partial charge >= 0.3 is 0 Å². The Morgan fingerprint density at radius 3 is 1.21 bits per heavy atom. The van der Waals surface area contributed by atoms with Gasteiger partial charge in [-0.15, -0.1) is 0 Å². The van der Waals surface area contributed by atoms with Crippen molar-refractivity contribution in [2.24, 2.45) is 0 Å².